The normalized spacial score (nSPS) is 12.0. The average molecular weight is 329 g/mol. The van der Waals surface area contributed by atoms with Crippen molar-refractivity contribution in [3.8, 4) is 0 Å². The van der Waals surface area contributed by atoms with Gasteiger partial charge in [-0.2, -0.15) is 0 Å². The van der Waals surface area contributed by atoms with E-state index in [0.29, 0.717) is 12.1 Å². The minimum atomic E-state index is -1.03. The number of rotatable bonds is 5. The topological polar surface area (TPSA) is 78.4 Å². The van der Waals surface area contributed by atoms with Gasteiger partial charge in [-0.15, -0.1) is 0 Å². The van der Waals surface area contributed by atoms with Crippen molar-refractivity contribution in [2.24, 2.45) is 5.92 Å². The summed E-state index contributed by atoms with van der Waals surface area (Å²) in [5.41, 5.74) is 0.598. The molecule has 0 saturated carbocycles. The molecule has 0 fully saturated rings. The van der Waals surface area contributed by atoms with Gasteiger partial charge >= 0.3 is 12.0 Å². The lowest BCUT2D eigenvalue weighted by Crippen LogP contribution is -2.43. The second-order valence-corrected chi connectivity index (χ2v) is 5.54. The van der Waals surface area contributed by atoms with Crippen molar-refractivity contribution >= 4 is 33.6 Å². The van der Waals surface area contributed by atoms with Crippen molar-refractivity contribution in [2.75, 3.05) is 5.32 Å². The molecule has 0 heterocycles. The Hall–Kier alpha value is -1.56. The van der Waals surface area contributed by atoms with Crippen molar-refractivity contribution in [3.05, 3.63) is 28.7 Å². The number of halogens is 1. The number of benzene rings is 1. The van der Waals surface area contributed by atoms with E-state index in [4.69, 9.17) is 5.11 Å². The molecule has 5 nitrogen and oxygen atoms in total. The van der Waals surface area contributed by atoms with Crippen LogP contribution < -0.4 is 10.6 Å². The molecule has 0 aliphatic rings. The van der Waals surface area contributed by atoms with Gasteiger partial charge in [0.15, 0.2) is 0 Å². The first-order valence-electron chi connectivity index (χ1n) is 5.94. The lowest BCUT2D eigenvalue weighted by molar-refractivity contribution is -0.139. The summed E-state index contributed by atoms with van der Waals surface area (Å²) in [6, 6.07) is 5.67. The number of hydrogen-bond acceptors (Lipinski definition) is 2. The molecule has 0 aromatic heterocycles. The fourth-order valence-electron chi connectivity index (χ4n) is 1.58. The standard InChI is InChI=1S/C13H17BrN2O3/c1-8(2)6-11(12(17)18)16-13(19)15-10-5-3-4-9(14)7-10/h3-5,7-8,11H,6H2,1-2H3,(H,17,18)(H2,15,16,19)/t11-/m1/s1. The number of aliphatic carboxylic acids is 1. The second-order valence-electron chi connectivity index (χ2n) is 4.63. The Balaban J connectivity index is 2.60. The van der Waals surface area contributed by atoms with Gasteiger partial charge in [-0.3, -0.25) is 0 Å². The molecule has 0 unspecified atom stereocenters. The van der Waals surface area contributed by atoms with E-state index in [0.717, 1.165) is 4.47 Å². The molecule has 1 atom stereocenters. The zero-order valence-electron chi connectivity index (χ0n) is 10.8. The molecule has 0 bridgehead atoms. The smallest absolute Gasteiger partial charge is 0.326 e. The molecule has 19 heavy (non-hydrogen) atoms. The van der Waals surface area contributed by atoms with Crippen molar-refractivity contribution in [1.82, 2.24) is 5.32 Å². The highest BCUT2D eigenvalue weighted by molar-refractivity contribution is 9.10. The average Bonchev–Trinajstić information content (AvgIpc) is 2.27. The minimum Gasteiger partial charge on any atom is -0.480 e. The van der Waals surface area contributed by atoms with Gasteiger partial charge in [0, 0.05) is 10.2 Å². The fourth-order valence-corrected chi connectivity index (χ4v) is 1.98. The number of amides is 2. The number of nitrogens with one attached hydrogen (secondary N) is 2. The van der Waals surface area contributed by atoms with Crippen LogP contribution in [0.15, 0.2) is 28.7 Å². The van der Waals surface area contributed by atoms with Gasteiger partial charge in [0.25, 0.3) is 0 Å². The molecule has 1 rings (SSSR count). The summed E-state index contributed by atoms with van der Waals surface area (Å²) >= 11 is 3.29. The van der Waals surface area contributed by atoms with Crippen molar-refractivity contribution < 1.29 is 14.7 Å². The van der Waals surface area contributed by atoms with Crippen LogP contribution >= 0.6 is 15.9 Å². The monoisotopic (exact) mass is 328 g/mol. The molecule has 1 aromatic carbocycles. The molecule has 104 valence electrons. The number of urea groups is 1. The summed E-state index contributed by atoms with van der Waals surface area (Å²) in [5.74, 6) is -0.842. The fraction of sp³-hybridized carbons (Fsp3) is 0.385. The number of carbonyl (C=O) groups is 2. The highest BCUT2D eigenvalue weighted by Crippen LogP contribution is 2.15. The molecule has 6 heteroatoms. The van der Waals surface area contributed by atoms with Gasteiger partial charge < -0.3 is 15.7 Å². The quantitative estimate of drug-likeness (QED) is 0.777. The minimum absolute atomic E-state index is 0.187. The largest absolute Gasteiger partial charge is 0.480 e. The van der Waals surface area contributed by atoms with Crippen LogP contribution in [0.5, 0.6) is 0 Å². The molecule has 0 aliphatic carbocycles. The van der Waals surface area contributed by atoms with Gasteiger partial charge in [-0.25, -0.2) is 9.59 Å². The Morgan fingerprint density at radius 2 is 2.05 bits per heavy atom. The Bertz CT molecular complexity index is 463. The van der Waals surface area contributed by atoms with Gasteiger partial charge in [-0.05, 0) is 30.5 Å². The zero-order chi connectivity index (χ0) is 14.4. The van der Waals surface area contributed by atoms with Crippen LogP contribution in [0.3, 0.4) is 0 Å². The maximum absolute atomic E-state index is 11.7. The lowest BCUT2D eigenvalue weighted by atomic mass is 10.0. The first-order valence-corrected chi connectivity index (χ1v) is 6.73. The second kappa shape index (κ2) is 7.13. The first-order chi connectivity index (χ1) is 8.88. The Morgan fingerprint density at radius 1 is 1.37 bits per heavy atom. The summed E-state index contributed by atoms with van der Waals surface area (Å²) in [6.07, 6.45) is 0.390. The first kappa shape index (κ1) is 15.5. The number of anilines is 1. The number of carbonyl (C=O) groups excluding carboxylic acids is 1. The lowest BCUT2D eigenvalue weighted by Gasteiger charge is -2.17. The highest BCUT2D eigenvalue weighted by atomic mass is 79.9. The van der Waals surface area contributed by atoms with E-state index in [1.165, 1.54) is 0 Å². The van der Waals surface area contributed by atoms with Crippen molar-refractivity contribution in [2.45, 2.75) is 26.3 Å². The summed E-state index contributed by atoms with van der Waals surface area (Å²) in [5, 5.41) is 14.1. The molecular formula is C13H17BrN2O3. The number of hydrogen-bond donors (Lipinski definition) is 3. The highest BCUT2D eigenvalue weighted by Gasteiger charge is 2.20. The summed E-state index contributed by atoms with van der Waals surface area (Å²) in [4.78, 5) is 22.7. The summed E-state index contributed by atoms with van der Waals surface area (Å²) in [6.45, 7) is 3.81. The third-order valence-electron chi connectivity index (χ3n) is 2.39. The maximum Gasteiger partial charge on any atom is 0.326 e. The van der Waals surface area contributed by atoms with Crippen LogP contribution in [-0.2, 0) is 4.79 Å². The molecule has 1 aromatic rings. The summed E-state index contributed by atoms with van der Waals surface area (Å²) < 4.78 is 0.835. The van der Waals surface area contributed by atoms with E-state index < -0.39 is 18.0 Å². The van der Waals surface area contributed by atoms with Gasteiger partial charge in [0.1, 0.15) is 6.04 Å². The molecule has 2 amide bonds. The molecule has 0 spiro atoms. The Morgan fingerprint density at radius 3 is 2.58 bits per heavy atom. The van der Waals surface area contributed by atoms with Gasteiger partial charge in [-0.1, -0.05) is 35.8 Å². The van der Waals surface area contributed by atoms with E-state index in [1.807, 2.05) is 19.9 Å². The molecule has 0 saturated heterocycles. The van der Waals surface area contributed by atoms with Crippen molar-refractivity contribution in [1.29, 1.82) is 0 Å². The molecule has 0 radical (unpaired) electrons. The van der Waals surface area contributed by atoms with Gasteiger partial charge in [0.2, 0.25) is 0 Å². The SMILES string of the molecule is CC(C)C[C@@H](NC(=O)Nc1cccc(Br)c1)C(=O)O. The predicted octanol–water partition coefficient (Wildman–Crippen LogP) is 3.07. The van der Waals surface area contributed by atoms with Crippen LogP contribution in [0.25, 0.3) is 0 Å². The van der Waals surface area contributed by atoms with E-state index in [1.54, 1.807) is 18.2 Å². The molecule has 0 aliphatic heterocycles. The Kier molecular flexibility index (Phi) is 5.82. The van der Waals surface area contributed by atoms with Crippen LogP contribution in [0, 0.1) is 5.92 Å². The third kappa shape index (κ3) is 5.74. The third-order valence-corrected chi connectivity index (χ3v) is 2.89. The van der Waals surface area contributed by atoms with Crippen LogP contribution in [0.1, 0.15) is 20.3 Å². The van der Waals surface area contributed by atoms with E-state index in [2.05, 4.69) is 26.6 Å². The summed E-state index contributed by atoms with van der Waals surface area (Å²) in [7, 11) is 0. The van der Waals surface area contributed by atoms with E-state index >= 15 is 0 Å². The van der Waals surface area contributed by atoms with Gasteiger partial charge in [0.05, 0.1) is 0 Å². The van der Waals surface area contributed by atoms with E-state index in [-0.39, 0.29) is 5.92 Å². The Labute approximate surface area is 120 Å². The zero-order valence-corrected chi connectivity index (χ0v) is 12.4. The number of carboxylic acids is 1. The maximum atomic E-state index is 11.7. The van der Waals surface area contributed by atoms with Crippen LogP contribution in [0.4, 0.5) is 10.5 Å². The van der Waals surface area contributed by atoms with Crippen LogP contribution in [-0.4, -0.2) is 23.1 Å². The van der Waals surface area contributed by atoms with Crippen LogP contribution in [0.2, 0.25) is 0 Å². The predicted molar refractivity (Wildman–Crippen MR) is 77.2 cm³/mol. The number of carboxylic acid groups (broad SMARTS) is 1. The van der Waals surface area contributed by atoms with Crippen molar-refractivity contribution in [3.63, 3.8) is 0 Å². The molecule has 3 N–H and O–H groups in total. The molecular weight excluding hydrogens is 312 g/mol. The van der Waals surface area contributed by atoms with E-state index in [9.17, 15) is 9.59 Å².